The molecule has 0 aromatic heterocycles. The lowest BCUT2D eigenvalue weighted by molar-refractivity contribution is -0.142. The summed E-state index contributed by atoms with van der Waals surface area (Å²) in [5.74, 6) is 0.446. The molecule has 1 amide bonds. The zero-order valence-electron chi connectivity index (χ0n) is 17.6. The van der Waals surface area contributed by atoms with Gasteiger partial charge in [0.05, 0.1) is 4.90 Å². The van der Waals surface area contributed by atoms with Crippen molar-refractivity contribution >= 4 is 15.9 Å². The van der Waals surface area contributed by atoms with Gasteiger partial charge in [-0.15, -0.1) is 0 Å². The maximum atomic E-state index is 13.2. The predicted molar refractivity (Wildman–Crippen MR) is 113 cm³/mol. The van der Waals surface area contributed by atoms with E-state index in [-0.39, 0.29) is 23.4 Å². The van der Waals surface area contributed by atoms with Crippen molar-refractivity contribution in [3.8, 4) is 0 Å². The van der Waals surface area contributed by atoms with Gasteiger partial charge in [0.1, 0.15) is 0 Å². The van der Waals surface area contributed by atoms with Crippen LogP contribution in [-0.4, -0.2) is 72.7 Å². The van der Waals surface area contributed by atoms with Crippen molar-refractivity contribution in [3.63, 3.8) is 0 Å². The average molecular weight is 420 g/mol. The maximum absolute atomic E-state index is 13.2. The predicted octanol–water partition coefficient (Wildman–Crippen LogP) is 2.56. The molecule has 4 rings (SSSR count). The first-order valence-corrected chi connectivity index (χ1v) is 12.3. The first-order valence-electron chi connectivity index (χ1n) is 10.9. The molecule has 0 spiro atoms. The van der Waals surface area contributed by atoms with Crippen LogP contribution in [0.15, 0.2) is 35.2 Å². The third-order valence-corrected chi connectivity index (χ3v) is 8.71. The van der Waals surface area contributed by atoms with E-state index in [1.165, 1.54) is 6.42 Å². The number of carbonyl (C=O) groups excluding carboxylic acids is 1. The molecule has 160 valence electrons. The molecule has 2 saturated heterocycles. The number of hydrogen-bond acceptors (Lipinski definition) is 4. The van der Waals surface area contributed by atoms with Gasteiger partial charge in [0, 0.05) is 50.2 Å². The van der Waals surface area contributed by atoms with Gasteiger partial charge in [-0.25, -0.2) is 8.42 Å². The second kappa shape index (κ2) is 8.00. The molecule has 1 atom stereocenters. The number of carbonyl (C=O) groups is 1. The maximum Gasteiger partial charge on any atom is 0.243 e. The van der Waals surface area contributed by atoms with Gasteiger partial charge in [-0.05, 0) is 38.8 Å². The highest BCUT2D eigenvalue weighted by molar-refractivity contribution is 7.89. The van der Waals surface area contributed by atoms with Crippen LogP contribution in [0.2, 0.25) is 0 Å². The Morgan fingerprint density at radius 3 is 2.38 bits per heavy atom. The third-order valence-electron chi connectivity index (χ3n) is 6.88. The van der Waals surface area contributed by atoms with Gasteiger partial charge in [0.15, 0.2) is 0 Å². The highest BCUT2D eigenvalue weighted by atomic mass is 32.2. The van der Waals surface area contributed by atoms with Crippen LogP contribution in [0.3, 0.4) is 0 Å². The van der Waals surface area contributed by atoms with E-state index < -0.39 is 10.0 Å². The molecule has 3 fully saturated rings. The molecule has 6 nitrogen and oxygen atoms in total. The van der Waals surface area contributed by atoms with Gasteiger partial charge < -0.3 is 4.90 Å². The summed E-state index contributed by atoms with van der Waals surface area (Å²) in [5, 5.41) is 0. The van der Waals surface area contributed by atoms with Crippen LogP contribution in [0.25, 0.3) is 0 Å². The fourth-order valence-corrected chi connectivity index (χ4v) is 7.02. The number of piperazine rings is 2. The zero-order valence-corrected chi connectivity index (χ0v) is 18.4. The Morgan fingerprint density at radius 2 is 1.69 bits per heavy atom. The fourth-order valence-electron chi connectivity index (χ4n) is 5.36. The average Bonchev–Trinajstić information content (AvgIpc) is 2.73. The topological polar surface area (TPSA) is 60.9 Å². The summed E-state index contributed by atoms with van der Waals surface area (Å²) < 4.78 is 28.1. The number of sulfonamides is 1. The zero-order chi connectivity index (χ0) is 20.6. The summed E-state index contributed by atoms with van der Waals surface area (Å²) >= 11 is 0. The summed E-state index contributed by atoms with van der Waals surface area (Å²) in [4.78, 5) is 17.8. The Morgan fingerprint density at radius 1 is 1.00 bits per heavy atom. The lowest BCUT2D eigenvalue weighted by atomic mass is 9.87. The Hall–Kier alpha value is -1.44. The Balaban J connectivity index is 1.52. The normalized spacial score (nSPS) is 26.8. The van der Waals surface area contributed by atoms with Crippen molar-refractivity contribution in [1.29, 1.82) is 0 Å². The van der Waals surface area contributed by atoms with Crippen molar-refractivity contribution in [2.45, 2.75) is 62.4 Å². The molecular weight excluding hydrogens is 386 g/mol. The molecule has 0 N–H and O–H groups in total. The Labute approximate surface area is 174 Å². The van der Waals surface area contributed by atoms with E-state index >= 15 is 0 Å². The molecule has 2 aliphatic heterocycles. The summed E-state index contributed by atoms with van der Waals surface area (Å²) in [5.41, 5.74) is -0.259. The molecule has 7 heteroatoms. The number of fused-ring (bicyclic) bond motifs is 1. The van der Waals surface area contributed by atoms with E-state index in [0.717, 1.165) is 38.8 Å². The van der Waals surface area contributed by atoms with Crippen molar-refractivity contribution in [2.75, 3.05) is 32.7 Å². The molecular formula is C22H33N3O3S. The van der Waals surface area contributed by atoms with Crippen molar-refractivity contribution < 1.29 is 13.2 Å². The fraction of sp³-hybridized carbons (Fsp3) is 0.682. The van der Waals surface area contributed by atoms with Crippen molar-refractivity contribution in [2.24, 2.45) is 5.92 Å². The number of hydrogen-bond donors (Lipinski definition) is 0. The van der Waals surface area contributed by atoms with E-state index in [1.54, 1.807) is 28.6 Å². The SMILES string of the molecule is CC1(C)CN(S(=O)(=O)c2ccccc2)CC2CN(C(=O)C3CCCCC3)CCN21. The van der Waals surface area contributed by atoms with E-state index in [0.29, 0.717) is 24.5 Å². The second-order valence-corrected chi connectivity index (χ2v) is 11.3. The first kappa shape index (κ1) is 20.8. The second-order valence-electron chi connectivity index (χ2n) is 9.39. The lowest BCUT2D eigenvalue weighted by Gasteiger charge is -2.55. The summed E-state index contributed by atoms with van der Waals surface area (Å²) in [6, 6.07) is 8.72. The van der Waals surface area contributed by atoms with Gasteiger partial charge in [-0.2, -0.15) is 4.31 Å². The van der Waals surface area contributed by atoms with Crippen LogP contribution in [0.4, 0.5) is 0 Å². The van der Waals surface area contributed by atoms with Crippen LogP contribution in [0, 0.1) is 5.92 Å². The minimum atomic E-state index is -3.54. The standard InChI is InChI=1S/C22H33N3O3S/c1-22(2)17-24(29(27,28)20-11-7-4-8-12-20)16-19-15-23(13-14-25(19)22)21(26)18-9-5-3-6-10-18/h4,7-8,11-12,18-19H,3,5-6,9-10,13-17H2,1-2H3. The molecule has 0 bridgehead atoms. The summed E-state index contributed by atoms with van der Waals surface area (Å²) in [7, 11) is -3.54. The van der Waals surface area contributed by atoms with Gasteiger partial charge in [-0.3, -0.25) is 9.69 Å². The number of rotatable bonds is 3. The number of nitrogens with zero attached hydrogens (tertiary/aromatic N) is 3. The molecule has 1 unspecified atom stereocenters. The number of amides is 1. The van der Waals surface area contributed by atoms with Crippen LogP contribution < -0.4 is 0 Å². The molecule has 0 radical (unpaired) electrons. The smallest absolute Gasteiger partial charge is 0.243 e. The Kier molecular flexibility index (Phi) is 5.75. The number of benzene rings is 1. The minimum absolute atomic E-state index is 0.0403. The van der Waals surface area contributed by atoms with E-state index in [9.17, 15) is 13.2 Å². The molecule has 29 heavy (non-hydrogen) atoms. The van der Waals surface area contributed by atoms with Crippen molar-refractivity contribution in [1.82, 2.24) is 14.1 Å². The molecule has 2 heterocycles. The van der Waals surface area contributed by atoms with Crippen molar-refractivity contribution in [3.05, 3.63) is 30.3 Å². The largest absolute Gasteiger partial charge is 0.340 e. The molecule has 1 aliphatic carbocycles. The van der Waals surface area contributed by atoms with Crippen LogP contribution >= 0.6 is 0 Å². The third kappa shape index (κ3) is 4.09. The first-order chi connectivity index (χ1) is 13.8. The quantitative estimate of drug-likeness (QED) is 0.756. The van der Waals surface area contributed by atoms with E-state index in [1.807, 2.05) is 11.0 Å². The molecule has 3 aliphatic rings. The van der Waals surface area contributed by atoms with Crippen LogP contribution in [-0.2, 0) is 14.8 Å². The highest BCUT2D eigenvalue weighted by Crippen LogP contribution is 2.33. The summed E-state index contributed by atoms with van der Waals surface area (Å²) in [6.45, 7) is 7.33. The van der Waals surface area contributed by atoms with Gasteiger partial charge in [0.25, 0.3) is 0 Å². The minimum Gasteiger partial charge on any atom is -0.340 e. The van der Waals surface area contributed by atoms with Gasteiger partial charge in [-0.1, -0.05) is 37.5 Å². The highest BCUT2D eigenvalue weighted by Gasteiger charge is 2.46. The van der Waals surface area contributed by atoms with Gasteiger partial charge in [0.2, 0.25) is 15.9 Å². The van der Waals surface area contributed by atoms with Crippen LogP contribution in [0.5, 0.6) is 0 Å². The van der Waals surface area contributed by atoms with Crippen LogP contribution in [0.1, 0.15) is 46.0 Å². The monoisotopic (exact) mass is 419 g/mol. The molecule has 1 aromatic rings. The van der Waals surface area contributed by atoms with E-state index in [4.69, 9.17) is 0 Å². The molecule has 1 aromatic carbocycles. The van der Waals surface area contributed by atoms with E-state index in [2.05, 4.69) is 18.7 Å². The molecule has 1 saturated carbocycles. The Bertz CT molecular complexity index is 834. The van der Waals surface area contributed by atoms with Gasteiger partial charge >= 0.3 is 0 Å². The summed E-state index contributed by atoms with van der Waals surface area (Å²) in [6.07, 6.45) is 5.54. The lowest BCUT2D eigenvalue weighted by Crippen LogP contribution is -2.70.